The van der Waals surface area contributed by atoms with Crippen LogP contribution in [-0.4, -0.2) is 19.7 Å². The molecule has 0 bridgehead atoms. The molecule has 4 rings (SSSR count). The van der Waals surface area contributed by atoms with Crippen LogP contribution in [0.5, 0.6) is 17.2 Å². The summed E-state index contributed by atoms with van der Waals surface area (Å²) in [5.41, 5.74) is 3.58. The van der Waals surface area contributed by atoms with Crippen molar-refractivity contribution in [1.29, 1.82) is 0 Å². The Morgan fingerprint density at radius 2 is 1.17 bits per heavy atom. The van der Waals surface area contributed by atoms with E-state index in [1.165, 1.54) is 7.11 Å². The van der Waals surface area contributed by atoms with Gasteiger partial charge in [-0.25, -0.2) is 4.79 Å². The fourth-order valence-electron chi connectivity index (χ4n) is 3.53. The second-order valence-electron chi connectivity index (χ2n) is 7.93. The third kappa shape index (κ3) is 7.11. The number of methoxy groups -OCH3 is 1. The normalized spacial score (nSPS) is 10.4. The lowest BCUT2D eigenvalue weighted by atomic mass is 10.1. The maximum Gasteiger partial charge on any atom is 0.338 e. The second-order valence-corrected chi connectivity index (χ2v) is 7.93. The van der Waals surface area contributed by atoms with Gasteiger partial charge in [-0.15, -0.1) is 0 Å². The zero-order valence-corrected chi connectivity index (χ0v) is 19.7. The molecule has 0 radical (unpaired) electrons. The van der Waals surface area contributed by atoms with Crippen molar-refractivity contribution in [1.82, 2.24) is 0 Å². The van der Waals surface area contributed by atoms with E-state index in [-0.39, 0.29) is 5.97 Å². The van der Waals surface area contributed by atoms with Crippen molar-refractivity contribution in [3.63, 3.8) is 0 Å². The molecule has 0 amide bonds. The number of hydrogen-bond donors (Lipinski definition) is 0. The van der Waals surface area contributed by atoms with Crippen LogP contribution in [0.3, 0.4) is 0 Å². The van der Waals surface area contributed by atoms with E-state index in [9.17, 15) is 4.79 Å². The summed E-state index contributed by atoms with van der Waals surface area (Å²) in [6.45, 7) is 1.40. The van der Waals surface area contributed by atoms with Gasteiger partial charge in [-0.2, -0.15) is 0 Å². The standard InChI is InChI=1S/C30H28O5/c1-32-30(31)29-10-6-5-9-25(29)22-35-27-13-11-23(12-14-27)19-20-33-26-15-17-28(18-16-26)34-21-24-7-3-2-4-8-24/h2-18H,19-22H2,1H3. The van der Waals surface area contributed by atoms with Gasteiger partial charge in [0.25, 0.3) is 0 Å². The smallest absolute Gasteiger partial charge is 0.338 e. The number of carbonyl (C=O) groups excluding carboxylic acids is 1. The van der Waals surface area contributed by atoms with Crippen molar-refractivity contribution in [2.24, 2.45) is 0 Å². The largest absolute Gasteiger partial charge is 0.493 e. The number of benzene rings is 4. The van der Waals surface area contributed by atoms with E-state index in [0.29, 0.717) is 25.4 Å². The van der Waals surface area contributed by atoms with Gasteiger partial charge < -0.3 is 18.9 Å². The van der Waals surface area contributed by atoms with Gasteiger partial charge in [0.2, 0.25) is 0 Å². The van der Waals surface area contributed by atoms with E-state index in [1.807, 2.05) is 91.0 Å². The molecule has 5 nitrogen and oxygen atoms in total. The quantitative estimate of drug-likeness (QED) is 0.244. The molecule has 178 valence electrons. The molecule has 35 heavy (non-hydrogen) atoms. The Morgan fingerprint density at radius 3 is 1.86 bits per heavy atom. The van der Waals surface area contributed by atoms with Crippen LogP contribution in [0, 0.1) is 0 Å². The Labute approximate surface area is 205 Å². The lowest BCUT2D eigenvalue weighted by Crippen LogP contribution is -2.07. The Kier molecular flexibility index (Phi) is 8.38. The summed E-state index contributed by atoms with van der Waals surface area (Å²) >= 11 is 0. The van der Waals surface area contributed by atoms with E-state index in [2.05, 4.69) is 0 Å². The fraction of sp³-hybridized carbons (Fsp3) is 0.167. The Hall–Kier alpha value is -4.25. The highest BCUT2D eigenvalue weighted by molar-refractivity contribution is 5.90. The van der Waals surface area contributed by atoms with Gasteiger partial charge >= 0.3 is 5.97 Å². The molecule has 4 aromatic rings. The van der Waals surface area contributed by atoms with Crippen LogP contribution in [0.2, 0.25) is 0 Å². The van der Waals surface area contributed by atoms with Gasteiger partial charge in [0, 0.05) is 12.0 Å². The van der Waals surface area contributed by atoms with Crippen LogP contribution in [0.25, 0.3) is 0 Å². The van der Waals surface area contributed by atoms with E-state index in [1.54, 1.807) is 12.1 Å². The molecular formula is C30H28O5. The molecule has 4 aromatic carbocycles. The van der Waals surface area contributed by atoms with Gasteiger partial charge in [-0.05, 0) is 53.6 Å². The monoisotopic (exact) mass is 468 g/mol. The second kappa shape index (κ2) is 12.3. The van der Waals surface area contributed by atoms with Crippen molar-refractivity contribution in [2.45, 2.75) is 19.6 Å². The molecule has 0 spiro atoms. The summed E-state index contributed by atoms with van der Waals surface area (Å²) in [5, 5.41) is 0. The summed E-state index contributed by atoms with van der Waals surface area (Å²) in [6.07, 6.45) is 0.776. The molecule has 0 N–H and O–H groups in total. The first-order chi connectivity index (χ1) is 17.2. The van der Waals surface area contributed by atoms with Crippen LogP contribution in [0.15, 0.2) is 103 Å². The van der Waals surface area contributed by atoms with Crippen LogP contribution in [0.1, 0.15) is 27.0 Å². The minimum atomic E-state index is -0.367. The number of carbonyl (C=O) groups is 1. The first-order valence-electron chi connectivity index (χ1n) is 11.5. The molecule has 0 atom stereocenters. The highest BCUT2D eigenvalue weighted by atomic mass is 16.5. The lowest BCUT2D eigenvalue weighted by Gasteiger charge is -2.11. The number of rotatable bonds is 11. The van der Waals surface area contributed by atoms with Crippen LogP contribution in [-0.2, 0) is 24.4 Å². The summed E-state index contributed by atoms with van der Waals surface area (Å²) in [4.78, 5) is 11.9. The third-order valence-electron chi connectivity index (χ3n) is 5.47. The zero-order chi connectivity index (χ0) is 24.3. The molecule has 5 heteroatoms. The molecular weight excluding hydrogens is 440 g/mol. The highest BCUT2D eigenvalue weighted by Crippen LogP contribution is 2.20. The van der Waals surface area contributed by atoms with Crippen molar-refractivity contribution >= 4 is 5.97 Å². The molecule has 0 saturated heterocycles. The molecule has 0 aliphatic rings. The van der Waals surface area contributed by atoms with E-state index >= 15 is 0 Å². The lowest BCUT2D eigenvalue weighted by molar-refractivity contribution is 0.0597. The van der Waals surface area contributed by atoms with Gasteiger partial charge in [0.1, 0.15) is 30.5 Å². The fourth-order valence-corrected chi connectivity index (χ4v) is 3.53. The Bertz CT molecular complexity index is 1200. The minimum Gasteiger partial charge on any atom is -0.493 e. The van der Waals surface area contributed by atoms with Crippen molar-refractivity contribution in [3.8, 4) is 17.2 Å². The average Bonchev–Trinajstić information content (AvgIpc) is 2.92. The van der Waals surface area contributed by atoms with Crippen LogP contribution >= 0.6 is 0 Å². The molecule has 0 aromatic heterocycles. The van der Waals surface area contributed by atoms with Crippen molar-refractivity contribution < 1.29 is 23.7 Å². The van der Waals surface area contributed by atoms with Gasteiger partial charge in [-0.3, -0.25) is 0 Å². The Balaban J connectivity index is 1.21. The van der Waals surface area contributed by atoms with Gasteiger partial charge in [0.05, 0.1) is 19.3 Å². The molecule has 0 aliphatic heterocycles. The first-order valence-corrected chi connectivity index (χ1v) is 11.5. The van der Waals surface area contributed by atoms with E-state index in [4.69, 9.17) is 18.9 Å². The Morgan fingerprint density at radius 1 is 0.600 bits per heavy atom. The zero-order valence-electron chi connectivity index (χ0n) is 19.7. The van der Waals surface area contributed by atoms with Gasteiger partial charge in [0.15, 0.2) is 0 Å². The molecule has 0 unspecified atom stereocenters. The van der Waals surface area contributed by atoms with Crippen molar-refractivity contribution in [2.75, 3.05) is 13.7 Å². The minimum absolute atomic E-state index is 0.290. The number of hydrogen-bond acceptors (Lipinski definition) is 5. The summed E-state index contributed by atoms with van der Waals surface area (Å²) in [7, 11) is 1.37. The number of ether oxygens (including phenoxy) is 4. The maximum absolute atomic E-state index is 11.9. The van der Waals surface area contributed by atoms with Crippen LogP contribution in [0.4, 0.5) is 0 Å². The van der Waals surface area contributed by atoms with Crippen molar-refractivity contribution in [3.05, 3.63) is 125 Å². The average molecular weight is 469 g/mol. The SMILES string of the molecule is COC(=O)c1ccccc1COc1ccc(CCOc2ccc(OCc3ccccc3)cc2)cc1. The van der Waals surface area contributed by atoms with E-state index in [0.717, 1.165) is 40.4 Å². The summed E-state index contributed by atoms with van der Waals surface area (Å²) < 4.78 is 22.4. The molecule has 0 fully saturated rings. The summed E-state index contributed by atoms with van der Waals surface area (Å²) in [5.74, 6) is 1.99. The maximum atomic E-state index is 11.9. The highest BCUT2D eigenvalue weighted by Gasteiger charge is 2.11. The predicted molar refractivity (Wildman–Crippen MR) is 135 cm³/mol. The van der Waals surface area contributed by atoms with E-state index < -0.39 is 0 Å². The first kappa shape index (κ1) is 23.9. The third-order valence-corrected chi connectivity index (χ3v) is 5.47. The van der Waals surface area contributed by atoms with Gasteiger partial charge in [-0.1, -0.05) is 60.7 Å². The predicted octanol–water partition coefficient (Wildman–Crippen LogP) is 6.25. The molecule has 0 aliphatic carbocycles. The molecule has 0 heterocycles. The van der Waals surface area contributed by atoms with Crippen LogP contribution < -0.4 is 14.2 Å². The summed E-state index contributed by atoms with van der Waals surface area (Å²) in [6, 6.07) is 32.9. The molecule has 0 saturated carbocycles. The number of esters is 1. The topological polar surface area (TPSA) is 54.0 Å².